The molecule has 0 saturated heterocycles. The van der Waals surface area contributed by atoms with E-state index >= 15 is 0 Å². The van der Waals surface area contributed by atoms with E-state index in [1.54, 1.807) is 6.08 Å². The molecule has 3 heteroatoms. The molecule has 0 aliphatic heterocycles. The molecule has 18 heavy (non-hydrogen) atoms. The number of hydrogen-bond acceptors (Lipinski definition) is 2. The molecule has 0 bridgehead atoms. The lowest BCUT2D eigenvalue weighted by Gasteiger charge is -2.52. The minimum Gasteiger partial charge on any atom is -0.392 e. The second-order valence-electron chi connectivity index (χ2n) is 6.06. The molecule has 0 spiro atoms. The van der Waals surface area contributed by atoms with Crippen molar-refractivity contribution in [1.29, 1.82) is 0 Å². The summed E-state index contributed by atoms with van der Waals surface area (Å²) in [5, 5.41) is 10.2. The van der Waals surface area contributed by atoms with Crippen LogP contribution in [0.5, 0.6) is 0 Å². The number of aliphatic hydroxyl groups is 1. The third-order valence-corrected chi connectivity index (χ3v) is 4.70. The summed E-state index contributed by atoms with van der Waals surface area (Å²) < 4.78 is 0. The molecule has 0 amide bonds. The normalized spacial score (nSPS) is 37.9. The van der Waals surface area contributed by atoms with Crippen LogP contribution in [0.1, 0.15) is 47.5 Å². The fraction of sp³-hybridized carbons (Fsp3) is 0.733. The summed E-state index contributed by atoms with van der Waals surface area (Å²) >= 11 is 0. The van der Waals surface area contributed by atoms with Gasteiger partial charge in [-0.1, -0.05) is 40.7 Å². The number of aliphatic hydroxyl groups excluding tert-OH is 1. The Kier molecular flexibility index (Phi) is 3.74. The van der Waals surface area contributed by atoms with Crippen LogP contribution in [-0.4, -0.2) is 17.0 Å². The first-order chi connectivity index (χ1) is 7.84. The van der Waals surface area contributed by atoms with Gasteiger partial charge in [-0.15, -0.1) is 0 Å². The number of carbonyl (C=O) groups excluding carboxylic acids is 1. The first-order valence-corrected chi connectivity index (χ1v) is 6.17. The maximum absolute atomic E-state index is 12.2. The molecular weight excluding hydrogens is 226 g/mol. The molecule has 0 aromatic carbocycles. The first kappa shape index (κ1) is 14.9. The molecule has 1 fully saturated rings. The minimum absolute atomic E-state index is 0. The Balaban J connectivity index is 0.00000162. The molecule has 3 nitrogen and oxygen atoms in total. The van der Waals surface area contributed by atoms with Crippen LogP contribution in [0.15, 0.2) is 11.8 Å². The van der Waals surface area contributed by atoms with Crippen molar-refractivity contribution in [3.63, 3.8) is 0 Å². The molecule has 0 heterocycles. The SMILES string of the molecule is C.[C-]#[N+]C1=C[C@]2(C)[C@@H](O)CCC[C@H]2C(C)(C)C1=O. The zero-order valence-electron chi connectivity index (χ0n) is 10.7. The standard InChI is InChI=1S/C14H19NO2.CH4/c1-13(2)10-6-5-7-11(16)14(10,3)8-9(15-4)12(13)17;/h8,10-11,16H,5-7H2,1-3H3;1H4/t10-,11-,14-;/m0./s1. The van der Waals surface area contributed by atoms with E-state index in [4.69, 9.17) is 6.57 Å². The van der Waals surface area contributed by atoms with Crippen LogP contribution >= 0.6 is 0 Å². The fourth-order valence-corrected chi connectivity index (χ4v) is 3.64. The number of nitrogens with zero attached hydrogens (tertiary/aromatic N) is 1. The lowest BCUT2D eigenvalue weighted by Crippen LogP contribution is -2.53. The van der Waals surface area contributed by atoms with E-state index in [0.29, 0.717) is 0 Å². The molecule has 100 valence electrons. The number of allylic oxidation sites excluding steroid dienone is 1. The highest BCUT2D eigenvalue weighted by Crippen LogP contribution is 2.55. The summed E-state index contributed by atoms with van der Waals surface area (Å²) in [7, 11) is 0. The number of rotatable bonds is 0. The van der Waals surface area contributed by atoms with Gasteiger partial charge in [-0.25, -0.2) is 4.85 Å². The smallest absolute Gasteiger partial charge is 0.226 e. The molecule has 3 atom stereocenters. The maximum Gasteiger partial charge on any atom is 0.226 e. The Labute approximate surface area is 110 Å². The molecule has 1 saturated carbocycles. The summed E-state index contributed by atoms with van der Waals surface area (Å²) in [6.45, 7) is 12.9. The van der Waals surface area contributed by atoms with Crippen molar-refractivity contribution in [1.82, 2.24) is 0 Å². The van der Waals surface area contributed by atoms with Crippen molar-refractivity contribution in [2.45, 2.75) is 53.6 Å². The predicted octanol–water partition coefficient (Wildman–Crippen LogP) is 3.20. The van der Waals surface area contributed by atoms with Crippen LogP contribution in [0.3, 0.4) is 0 Å². The highest BCUT2D eigenvalue weighted by atomic mass is 16.3. The monoisotopic (exact) mass is 249 g/mol. The molecule has 0 unspecified atom stereocenters. The Morgan fingerprint density at radius 3 is 2.56 bits per heavy atom. The Bertz CT molecular complexity index is 430. The predicted molar refractivity (Wildman–Crippen MR) is 71.7 cm³/mol. The highest BCUT2D eigenvalue weighted by Gasteiger charge is 2.54. The summed E-state index contributed by atoms with van der Waals surface area (Å²) in [5.41, 5.74) is -0.755. The van der Waals surface area contributed by atoms with Gasteiger partial charge >= 0.3 is 0 Å². The van der Waals surface area contributed by atoms with Gasteiger partial charge in [-0.05, 0) is 18.8 Å². The quantitative estimate of drug-likeness (QED) is 0.670. The second kappa shape index (κ2) is 4.51. The Morgan fingerprint density at radius 2 is 2.00 bits per heavy atom. The molecule has 2 rings (SSSR count). The van der Waals surface area contributed by atoms with E-state index in [9.17, 15) is 9.90 Å². The summed E-state index contributed by atoms with van der Waals surface area (Å²) in [4.78, 5) is 15.6. The first-order valence-electron chi connectivity index (χ1n) is 6.17. The molecule has 2 aliphatic rings. The molecule has 2 aliphatic carbocycles. The van der Waals surface area contributed by atoms with Crippen molar-refractivity contribution in [3.8, 4) is 0 Å². The lowest BCUT2D eigenvalue weighted by molar-refractivity contribution is -0.136. The lowest BCUT2D eigenvalue weighted by atomic mass is 9.52. The van der Waals surface area contributed by atoms with Crippen LogP contribution in [0, 0.1) is 23.3 Å². The van der Waals surface area contributed by atoms with E-state index < -0.39 is 16.9 Å². The van der Waals surface area contributed by atoms with E-state index in [2.05, 4.69) is 4.85 Å². The van der Waals surface area contributed by atoms with Crippen LogP contribution in [0.4, 0.5) is 0 Å². The van der Waals surface area contributed by atoms with Crippen molar-refractivity contribution in [3.05, 3.63) is 23.2 Å². The van der Waals surface area contributed by atoms with Crippen LogP contribution in [0.2, 0.25) is 0 Å². The number of fused-ring (bicyclic) bond motifs is 1. The summed E-state index contributed by atoms with van der Waals surface area (Å²) in [5.74, 6) is 0.0702. The average Bonchev–Trinajstić information content (AvgIpc) is 2.27. The van der Waals surface area contributed by atoms with Gasteiger partial charge in [0.1, 0.15) is 0 Å². The van der Waals surface area contributed by atoms with Crippen molar-refractivity contribution in [2.24, 2.45) is 16.7 Å². The Morgan fingerprint density at radius 1 is 1.39 bits per heavy atom. The largest absolute Gasteiger partial charge is 0.392 e. The maximum atomic E-state index is 12.2. The van der Waals surface area contributed by atoms with Gasteiger partial charge in [0.2, 0.25) is 5.70 Å². The van der Waals surface area contributed by atoms with Crippen molar-refractivity contribution >= 4 is 5.78 Å². The fourth-order valence-electron chi connectivity index (χ4n) is 3.64. The van der Waals surface area contributed by atoms with Gasteiger partial charge < -0.3 is 9.90 Å². The van der Waals surface area contributed by atoms with Gasteiger partial charge in [-0.2, -0.15) is 0 Å². The molecule has 1 N–H and O–H groups in total. The van der Waals surface area contributed by atoms with Gasteiger partial charge in [0, 0.05) is 10.8 Å². The second-order valence-corrected chi connectivity index (χ2v) is 6.06. The molecule has 0 radical (unpaired) electrons. The van der Waals surface area contributed by atoms with Crippen LogP contribution in [-0.2, 0) is 4.79 Å². The molecule has 0 aromatic rings. The molecular formula is C15H23NO2. The number of carbonyl (C=O) groups is 1. The van der Waals surface area contributed by atoms with E-state index in [0.717, 1.165) is 19.3 Å². The van der Waals surface area contributed by atoms with Crippen molar-refractivity contribution < 1.29 is 9.90 Å². The van der Waals surface area contributed by atoms with E-state index in [1.807, 2.05) is 20.8 Å². The van der Waals surface area contributed by atoms with E-state index in [-0.39, 0.29) is 24.8 Å². The minimum atomic E-state index is -0.537. The Hall–Kier alpha value is -1.14. The number of ketones is 1. The summed E-state index contributed by atoms with van der Waals surface area (Å²) in [6, 6.07) is 0. The zero-order chi connectivity index (χ0) is 12.8. The van der Waals surface area contributed by atoms with E-state index in [1.165, 1.54) is 0 Å². The molecule has 0 aromatic heterocycles. The third-order valence-electron chi connectivity index (χ3n) is 4.70. The topological polar surface area (TPSA) is 41.7 Å². The number of Topliss-reactive ketones (excluding diaryl/α,β-unsaturated/α-hetero) is 1. The van der Waals surface area contributed by atoms with Gasteiger partial charge in [0.25, 0.3) is 0 Å². The highest BCUT2D eigenvalue weighted by molar-refractivity contribution is 6.02. The van der Waals surface area contributed by atoms with Gasteiger partial charge in [0.05, 0.1) is 12.7 Å². The summed E-state index contributed by atoms with van der Waals surface area (Å²) in [6.07, 6.45) is 3.96. The van der Waals surface area contributed by atoms with Gasteiger partial charge in [-0.3, -0.25) is 0 Å². The van der Waals surface area contributed by atoms with Gasteiger partial charge in [0.15, 0.2) is 5.78 Å². The zero-order valence-corrected chi connectivity index (χ0v) is 10.7. The van der Waals surface area contributed by atoms with Crippen LogP contribution < -0.4 is 0 Å². The van der Waals surface area contributed by atoms with Crippen LogP contribution in [0.25, 0.3) is 4.85 Å². The average molecular weight is 249 g/mol. The van der Waals surface area contributed by atoms with Crippen molar-refractivity contribution in [2.75, 3.05) is 0 Å². The third kappa shape index (κ3) is 1.80. The number of hydrogen-bond donors (Lipinski definition) is 1.